The molecule has 1 aromatic heterocycles. The second kappa shape index (κ2) is 7.70. The average Bonchev–Trinajstić information content (AvgIpc) is 2.96. The monoisotopic (exact) mass is 317 g/mol. The molecule has 1 aliphatic heterocycles. The third kappa shape index (κ3) is 4.05. The lowest BCUT2D eigenvalue weighted by Crippen LogP contribution is -2.41. The van der Waals surface area contributed by atoms with Gasteiger partial charge >= 0.3 is 0 Å². The Morgan fingerprint density at radius 3 is 3.14 bits per heavy atom. The summed E-state index contributed by atoms with van der Waals surface area (Å²) < 4.78 is 0. The van der Waals surface area contributed by atoms with Gasteiger partial charge in [-0.3, -0.25) is 4.79 Å². The molecule has 0 saturated carbocycles. The van der Waals surface area contributed by atoms with Gasteiger partial charge in [0.05, 0.1) is 0 Å². The Hall–Kier alpha value is -1.46. The van der Waals surface area contributed by atoms with E-state index >= 15 is 0 Å². The van der Waals surface area contributed by atoms with E-state index in [1.54, 1.807) is 0 Å². The number of carbonyl (C=O) groups is 1. The minimum Gasteiger partial charge on any atom is -0.361 e. The predicted octanol–water partition coefficient (Wildman–Crippen LogP) is 2.31. The molecule has 3 N–H and O–H groups in total. The number of aromatic amines is 1. The van der Waals surface area contributed by atoms with Gasteiger partial charge in [-0.25, -0.2) is 0 Å². The van der Waals surface area contributed by atoms with E-state index in [0.717, 1.165) is 37.4 Å². The molecule has 1 saturated heterocycles. The largest absolute Gasteiger partial charge is 0.361 e. The first-order chi connectivity index (χ1) is 10.8. The quantitative estimate of drug-likeness (QED) is 0.717. The van der Waals surface area contributed by atoms with Crippen molar-refractivity contribution in [3.05, 3.63) is 36.0 Å². The van der Waals surface area contributed by atoms with Crippen molar-refractivity contribution in [3.8, 4) is 0 Å². The molecule has 5 heteroatoms. The molecule has 1 atom stereocenters. The number of benzene rings is 1. The Bertz CT molecular complexity index is 619. The van der Waals surface area contributed by atoms with Crippen LogP contribution >= 0.6 is 11.8 Å². The number of para-hydroxylation sites is 1. The standard InChI is InChI=1S/C17H23N3OS/c21-17(10-14-12-22-9-8-18-14)19-7-3-4-13-11-20-16-6-2-1-5-15(13)16/h1-2,5-6,11,14,18,20H,3-4,7-10,12H2,(H,19,21). The van der Waals surface area contributed by atoms with Gasteiger partial charge in [0.25, 0.3) is 0 Å². The highest BCUT2D eigenvalue weighted by molar-refractivity contribution is 7.99. The number of fused-ring (bicyclic) bond motifs is 1. The van der Waals surface area contributed by atoms with Crippen molar-refractivity contribution >= 4 is 28.6 Å². The molecular formula is C17H23N3OS. The number of H-pyrrole nitrogens is 1. The summed E-state index contributed by atoms with van der Waals surface area (Å²) in [5.74, 6) is 2.37. The number of hydrogen-bond acceptors (Lipinski definition) is 3. The van der Waals surface area contributed by atoms with E-state index < -0.39 is 0 Å². The molecular weight excluding hydrogens is 294 g/mol. The molecule has 1 aromatic carbocycles. The first-order valence-corrected chi connectivity index (χ1v) is 9.11. The molecule has 1 amide bonds. The van der Waals surface area contributed by atoms with E-state index in [4.69, 9.17) is 0 Å². The van der Waals surface area contributed by atoms with Crippen LogP contribution in [0.15, 0.2) is 30.5 Å². The molecule has 22 heavy (non-hydrogen) atoms. The van der Waals surface area contributed by atoms with Crippen molar-refractivity contribution in [2.75, 3.05) is 24.6 Å². The van der Waals surface area contributed by atoms with E-state index in [2.05, 4.69) is 40.0 Å². The SMILES string of the molecule is O=C(CC1CSCCN1)NCCCc1c[nH]c2ccccc12. The third-order valence-corrected chi connectivity index (χ3v) is 5.18. The van der Waals surface area contributed by atoms with Crippen LogP contribution in [0.2, 0.25) is 0 Å². The third-order valence-electron chi connectivity index (χ3n) is 4.05. The van der Waals surface area contributed by atoms with Gasteiger partial charge in [0.1, 0.15) is 0 Å². The van der Waals surface area contributed by atoms with Crippen LogP contribution in [0.1, 0.15) is 18.4 Å². The van der Waals surface area contributed by atoms with Crippen molar-refractivity contribution in [1.29, 1.82) is 0 Å². The van der Waals surface area contributed by atoms with Crippen LogP contribution in [0.3, 0.4) is 0 Å². The minimum atomic E-state index is 0.166. The number of thioether (sulfide) groups is 1. The number of hydrogen-bond donors (Lipinski definition) is 3. The Kier molecular flexibility index (Phi) is 5.40. The van der Waals surface area contributed by atoms with Gasteiger partial charge in [-0.1, -0.05) is 18.2 Å². The van der Waals surface area contributed by atoms with Gasteiger partial charge in [0.2, 0.25) is 5.91 Å². The highest BCUT2D eigenvalue weighted by atomic mass is 32.2. The maximum atomic E-state index is 11.9. The number of aromatic nitrogens is 1. The molecule has 1 aliphatic rings. The number of aryl methyl sites for hydroxylation is 1. The zero-order valence-electron chi connectivity index (χ0n) is 12.7. The van der Waals surface area contributed by atoms with Crippen molar-refractivity contribution in [3.63, 3.8) is 0 Å². The lowest BCUT2D eigenvalue weighted by Gasteiger charge is -2.22. The molecule has 1 fully saturated rings. The molecule has 3 rings (SSSR count). The average molecular weight is 317 g/mol. The van der Waals surface area contributed by atoms with Crippen LogP contribution in [0.5, 0.6) is 0 Å². The second-order valence-corrected chi connectivity index (χ2v) is 6.89. The van der Waals surface area contributed by atoms with E-state index in [1.165, 1.54) is 16.5 Å². The van der Waals surface area contributed by atoms with E-state index in [9.17, 15) is 4.79 Å². The van der Waals surface area contributed by atoms with Crippen LogP contribution in [0.4, 0.5) is 0 Å². The number of amides is 1. The van der Waals surface area contributed by atoms with Gasteiger partial charge in [0, 0.05) is 54.2 Å². The highest BCUT2D eigenvalue weighted by Gasteiger charge is 2.16. The van der Waals surface area contributed by atoms with Crippen LogP contribution in [-0.2, 0) is 11.2 Å². The summed E-state index contributed by atoms with van der Waals surface area (Å²) in [4.78, 5) is 15.2. The number of nitrogens with one attached hydrogen (secondary N) is 3. The van der Waals surface area contributed by atoms with Crippen molar-refractivity contribution in [2.24, 2.45) is 0 Å². The van der Waals surface area contributed by atoms with E-state index in [0.29, 0.717) is 12.5 Å². The molecule has 0 aliphatic carbocycles. The normalized spacial score (nSPS) is 18.5. The van der Waals surface area contributed by atoms with Crippen LogP contribution in [-0.4, -0.2) is 41.5 Å². The van der Waals surface area contributed by atoms with Crippen LogP contribution in [0.25, 0.3) is 10.9 Å². The van der Waals surface area contributed by atoms with E-state index in [-0.39, 0.29) is 5.91 Å². The summed E-state index contributed by atoms with van der Waals surface area (Å²) >= 11 is 1.93. The Morgan fingerprint density at radius 1 is 1.36 bits per heavy atom. The molecule has 1 unspecified atom stereocenters. The molecule has 118 valence electrons. The van der Waals surface area contributed by atoms with Gasteiger partial charge in [-0.05, 0) is 24.5 Å². The Balaban J connectivity index is 1.39. The number of carbonyl (C=O) groups excluding carboxylic acids is 1. The van der Waals surface area contributed by atoms with Gasteiger partial charge in [0.15, 0.2) is 0 Å². The fourth-order valence-electron chi connectivity index (χ4n) is 2.89. The lowest BCUT2D eigenvalue weighted by molar-refractivity contribution is -0.121. The molecule has 0 spiro atoms. The zero-order chi connectivity index (χ0) is 15.2. The first kappa shape index (κ1) is 15.4. The highest BCUT2D eigenvalue weighted by Crippen LogP contribution is 2.18. The summed E-state index contributed by atoms with van der Waals surface area (Å²) in [6.07, 6.45) is 4.64. The smallest absolute Gasteiger partial charge is 0.221 e. The van der Waals surface area contributed by atoms with Crippen LogP contribution < -0.4 is 10.6 Å². The van der Waals surface area contributed by atoms with Gasteiger partial charge in [-0.2, -0.15) is 11.8 Å². The minimum absolute atomic E-state index is 0.166. The summed E-state index contributed by atoms with van der Waals surface area (Å²) in [6, 6.07) is 8.69. The predicted molar refractivity (Wildman–Crippen MR) is 93.4 cm³/mol. The molecule has 2 heterocycles. The number of rotatable bonds is 6. The van der Waals surface area contributed by atoms with Crippen LogP contribution in [0, 0.1) is 0 Å². The fourth-order valence-corrected chi connectivity index (χ4v) is 3.84. The summed E-state index contributed by atoms with van der Waals surface area (Å²) in [7, 11) is 0. The van der Waals surface area contributed by atoms with Gasteiger partial charge < -0.3 is 15.6 Å². The molecule has 2 aromatic rings. The zero-order valence-corrected chi connectivity index (χ0v) is 13.5. The Morgan fingerprint density at radius 2 is 2.27 bits per heavy atom. The maximum absolute atomic E-state index is 11.9. The van der Waals surface area contributed by atoms with E-state index in [1.807, 2.05) is 17.8 Å². The first-order valence-electron chi connectivity index (χ1n) is 7.96. The lowest BCUT2D eigenvalue weighted by atomic mass is 10.1. The fraction of sp³-hybridized carbons (Fsp3) is 0.471. The van der Waals surface area contributed by atoms with Crippen molar-refractivity contribution in [2.45, 2.75) is 25.3 Å². The molecule has 4 nitrogen and oxygen atoms in total. The Labute approximate surface area is 135 Å². The molecule has 0 bridgehead atoms. The summed E-state index contributed by atoms with van der Waals surface area (Å²) in [5.41, 5.74) is 2.51. The maximum Gasteiger partial charge on any atom is 0.221 e. The van der Waals surface area contributed by atoms with Gasteiger partial charge in [-0.15, -0.1) is 0 Å². The summed E-state index contributed by atoms with van der Waals surface area (Å²) in [5, 5.41) is 7.73. The molecule has 0 radical (unpaired) electrons. The van der Waals surface area contributed by atoms with Crippen molar-refractivity contribution in [1.82, 2.24) is 15.6 Å². The summed E-state index contributed by atoms with van der Waals surface area (Å²) in [6.45, 7) is 1.77. The topological polar surface area (TPSA) is 56.9 Å². The van der Waals surface area contributed by atoms with Crippen molar-refractivity contribution < 1.29 is 4.79 Å². The second-order valence-electron chi connectivity index (χ2n) is 5.74.